The first-order valence-corrected chi connectivity index (χ1v) is 7.96. The minimum absolute atomic E-state index is 0.203. The fourth-order valence-corrected chi connectivity index (χ4v) is 2.90. The summed E-state index contributed by atoms with van der Waals surface area (Å²) in [5.41, 5.74) is 0. The quantitative estimate of drug-likeness (QED) is 0.602. The van der Waals surface area contributed by atoms with Gasteiger partial charge >= 0.3 is 0 Å². The summed E-state index contributed by atoms with van der Waals surface area (Å²) in [5, 5.41) is 17.3. The number of hydrogen-bond acceptors (Lipinski definition) is 10. The Morgan fingerprint density at radius 2 is 0.800 bits per heavy atom. The van der Waals surface area contributed by atoms with Gasteiger partial charge in [0.15, 0.2) is 0 Å². The lowest BCUT2D eigenvalue weighted by molar-refractivity contribution is -0.0343. The van der Waals surface area contributed by atoms with Gasteiger partial charge in [-0.2, -0.15) is 0 Å². The molecule has 0 N–H and O–H groups in total. The molecule has 0 aromatic heterocycles. The molecule has 2 saturated heterocycles. The van der Waals surface area contributed by atoms with Gasteiger partial charge in [0.25, 0.3) is 0 Å². The molecule has 0 unspecified atom stereocenters. The summed E-state index contributed by atoms with van der Waals surface area (Å²) >= 11 is 0. The summed E-state index contributed by atoms with van der Waals surface area (Å²) in [4.78, 5) is 47.2. The Labute approximate surface area is 144 Å². The van der Waals surface area contributed by atoms with Gasteiger partial charge in [-0.3, -0.25) is 9.80 Å². The van der Waals surface area contributed by atoms with Gasteiger partial charge in [0.1, 0.15) is 0 Å². The standard InChI is InChI=1S/C11H22N10O4/c22-12-18-3-1-4-19(13-23)9-16(8-18)7-17-10-20(14-24)5-2-6-21(11-17)15-25/h1-11H2. The molecule has 2 aliphatic heterocycles. The minimum atomic E-state index is 0.203. The average Bonchev–Trinajstić information content (AvgIpc) is 2.58. The SMILES string of the molecule is O=NN1CCCN(N=O)CN(CN2CN(N=O)CCCN(N=O)C2)C1. The van der Waals surface area contributed by atoms with Crippen LogP contribution in [-0.4, -0.2) is 89.4 Å². The van der Waals surface area contributed by atoms with Crippen molar-refractivity contribution in [3.05, 3.63) is 19.6 Å². The number of nitroso groups, excluding NO2 is 4. The maximum Gasteiger partial charge on any atom is 0.0936 e. The smallest absolute Gasteiger partial charge is 0.0936 e. The van der Waals surface area contributed by atoms with Crippen molar-refractivity contribution in [1.82, 2.24) is 29.8 Å². The minimum Gasteiger partial charge on any atom is -0.252 e. The molecule has 2 rings (SSSR count). The third kappa shape index (κ3) is 5.82. The molecule has 0 radical (unpaired) electrons. The van der Waals surface area contributed by atoms with Crippen LogP contribution in [0.15, 0.2) is 21.1 Å². The molecule has 14 heteroatoms. The lowest BCUT2D eigenvalue weighted by Gasteiger charge is -2.38. The predicted octanol–water partition coefficient (Wildman–Crippen LogP) is 0.119. The lowest BCUT2D eigenvalue weighted by Crippen LogP contribution is -2.53. The van der Waals surface area contributed by atoms with Crippen LogP contribution in [0, 0.1) is 19.6 Å². The summed E-state index contributed by atoms with van der Waals surface area (Å²) in [6, 6.07) is 0. The first-order valence-electron chi connectivity index (χ1n) is 7.96. The van der Waals surface area contributed by atoms with Crippen molar-refractivity contribution in [1.29, 1.82) is 0 Å². The third-order valence-corrected chi connectivity index (χ3v) is 3.98. The molecule has 25 heavy (non-hydrogen) atoms. The predicted molar refractivity (Wildman–Crippen MR) is 87.3 cm³/mol. The summed E-state index contributed by atoms with van der Waals surface area (Å²) in [6.07, 6.45) is 1.20. The van der Waals surface area contributed by atoms with E-state index in [0.29, 0.717) is 39.0 Å². The van der Waals surface area contributed by atoms with Crippen molar-refractivity contribution in [2.24, 2.45) is 21.1 Å². The fraction of sp³-hybridized carbons (Fsp3) is 1.00. The second kappa shape index (κ2) is 9.73. The van der Waals surface area contributed by atoms with Crippen LogP contribution in [0.3, 0.4) is 0 Å². The second-order valence-electron chi connectivity index (χ2n) is 6.00. The van der Waals surface area contributed by atoms with Crippen LogP contribution in [-0.2, 0) is 0 Å². The van der Waals surface area contributed by atoms with Gasteiger partial charge < -0.3 is 0 Å². The summed E-state index contributed by atoms with van der Waals surface area (Å²) < 4.78 is 0. The van der Waals surface area contributed by atoms with Crippen molar-refractivity contribution in [3.8, 4) is 0 Å². The van der Waals surface area contributed by atoms with E-state index >= 15 is 0 Å². The molecule has 2 fully saturated rings. The van der Waals surface area contributed by atoms with Crippen LogP contribution >= 0.6 is 0 Å². The maximum absolute atomic E-state index is 10.9. The largest absolute Gasteiger partial charge is 0.252 e. The first kappa shape index (κ1) is 18.9. The molecule has 0 spiro atoms. The second-order valence-corrected chi connectivity index (χ2v) is 6.00. The molecule has 140 valence electrons. The van der Waals surface area contributed by atoms with Crippen LogP contribution in [0.25, 0.3) is 0 Å². The summed E-state index contributed by atoms with van der Waals surface area (Å²) in [6.45, 7) is 2.74. The van der Waals surface area contributed by atoms with Crippen LogP contribution in [0.1, 0.15) is 12.8 Å². The maximum atomic E-state index is 10.9. The normalized spacial score (nSPS) is 21.8. The fourth-order valence-electron chi connectivity index (χ4n) is 2.90. The zero-order valence-corrected chi connectivity index (χ0v) is 13.9. The van der Waals surface area contributed by atoms with Crippen molar-refractivity contribution in [2.45, 2.75) is 12.8 Å². The van der Waals surface area contributed by atoms with Crippen molar-refractivity contribution in [3.63, 3.8) is 0 Å². The van der Waals surface area contributed by atoms with Crippen molar-refractivity contribution >= 4 is 0 Å². The Morgan fingerprint density at radius 3 is 1.04 bits per heavy atom. The van der Waals surface area contributed by atoms with Gasteiger partial charge in [0.05, 0.1) is 54.5 Å². The van der Waals surface area contributed by atoms with Crippen LogP contribution < -0.4 is 0 Å². The van der Waals surface area contributed by atoms with Crippen LogP contribution in [0.4, 0.5) is 0 Å². The highest BCUT2D eigenvalue weighted by Gasteiger charge is 2.24. The van der Waals surface area contributed by atoms with Crippen molar-refractivity contribution in [2.75, 3.05) is 59.5 Å². The number of nitrogens with zero attached hydrogens (tertiary/aromatic N) is 10. The van der Waals surface area contributed by atoms with E-state index in [2.05, 4.69) is 21.1 Å². The van der Waals surface area contributed by atoms with E-state index in [9.17, 15) is 19.6 Å². The number of hydrogen-bond donors (Lipinski definition) is 0. The van der Waals surface area contributed by atoms with Gasteiger partial charge in [0, 0.05) is 26.2 Å². The molecule has 0 saturated carbocycles. The molecule has 0 atom stereocenters. The molecular weight excluding hydrogens is 336 g/mol. The van der Waals surface area contributed by atoms with Gasteiger partial charge in [-0.15, -0.1) is 19.6 Å². The van der Waals surface area contributed by atoms with E-state index in [1.165, 1.54) is 20.0 Å². The average molecular weight is 358 g/mol. The first-order chi connectivity index (χ1) is 12.2. The van der Waals surface area contributed by atoms with E-state index in [1.807, 2.05) is 0 Å². The molecular formula is C11H22N10O4. The van der Waals surface area contributed by atoms with E-state index in [-0.39, 0.29) is 33.3 Å². The Morgan fingerprint density at radius 1 is 0.520 bits per heavy atom. The molecule has 0 aliphatic carbocycles. The third-order valence-electron chi connectivity index (χ3n) is 3.98. The Hall–Kier alpha value is -2.48. The summed E-state index contributed by atoms with van der Waals surface area (Å²) in [5.74, 6) is 0. The highest BCUT2D eigenvalue weighted by Crippen LogP contribution is 2.11. The van der Waals surface area contributed by atoms with Gasteiger partial charge in [-0.05, 0) is 12.8 Å². The van der Waals surface area contributed by atoms with Crippen molar-refractivity contribution < 1.29 is 0 Å². The Kier molecular flexibility index (Phi) is 7.34. The van der Waals surface area contributed by atoms with E-state index in [4.69, 9.17) is 0 Å². The zero-order chi connectivity index (χ0) is 18.1. The van der Waals surface area contributed by atoms with E-state index in [1.54, 1.807) is 9.80 Å². The van der Waals surface area contributed by atoms with Gasteiger partial charge in [-0.25, -0.2) is 20.0 Å². The molecule has 0 aromatic rings. The summed E-state index contributed by atoms with van der Waals surface area (Å²) in [7, 11) is 0. The van der Waals surface area contributed by atoms with Crippen LogP contribution in [0.5, 0.6) is 0 Å². The number of rotatable bonds is 6. The topological polar surface area (TPSA) is 137 Å². The Balaban J connectivity index is 2.05. The highest BCUT2D eigenvalue weighted by atomic mass is 16.3. The molecule has 14 nitrogen and oxygen atoms in total. The molecule has 0 bridgehead atoms. The van der Waals surface area contributed by atoms with Gasteiger partial charge in [-0.1, -0.05) is 0 Å². The molecule has 2 heterocycles. The molecule has 2 aliphatic rings. The van der Waals surface area contributed by atoms with Gasteiger partial charge in [0.2, 0.25) is 0 Å². The lowest BCUT2D eigenvalue weighted by atomic mass is 10.4. The molecule has 0 aromatic carbocycles. The van der Waals surface area contributed by atoms with E-state index < -0.39 is 0 Å². The molecule has 0 amide bonds. The monoisotopic (exact) mass is 358 g/mol. The van der Waals surface area contributed by atoms with E-state index in [0.717, 1.165) is 0 Å². The Bertz CT molecular complexity index is 392. The van der Waals surface area contributed by atoms with Crippen LogP contribution in [0.2, 0.25) is 0 Å². The highest BCUT2D eigenvalue weighted by molar-refractivity contribution is 4.68. The zero-order valence-electron chi connectivity index (χ0n) is 13.9.